The number of hydrogen-bond donors (Lipinski definition) is 3. The van der Waals surface area contributed by atoms with E-state index >= 15 is 0 Å². The minimum Gasteiger partial charge on any atom is -0.351 e. The number of hydrogen-bond acceptors (Lipinski definition) is 2. The van der Waals surface area contributed by atoms with Gasteiger partial charge in [0.2, 0.25) is 0 Å². The standard InChI is InChI=1S/C16H12N4O/c21-16(15-8-10-3-1-2-4-13(10)19-15)18-12-5-6-14-11(7-12)9-17-20-14/h1-9,19H,(H,17,20)(H,18,21). The van der Waals surface area contributed by atoms with Crippen LogP contribution in [-0.2, 0) is 0 Å². The Morgan fingerprint density at radius 3 is 2.81 bits per heavy atom. The van der Waals surface area contributed by atoms with E-state index in [2.05, 4.69) is 20.5 Å². The zero-order valence-corrected chi connectivity index (χ0v) is 11.1. The van der Waals surface area contributed by atoms with Crippen LogP contribution in [-0.4, -0.2) is 21.1 Å². The summed E-state index contributed by atoms with van der Waals surface area (Å²) in [6.07, 6.45) is 1.73. The first kappa shape index (κ1) is 11.7. The molecule has 0 fully saturated rings. The van der Waals surface area contributed by atoms with E-state index in [9.17, 15) is 4.79 Å². The lowest BCUT2D eigenvalue weighted by Gasteiger charge is -2.03. The molecule has 0 saturated carbocycles. The minimum atomic E-state index is -0.158. The van der Waals surface area contributed by atoms with Crippen LogP contribution >= 0.6 is 0 Å². The highest BCUT2D eigenvalue weighted by atomic mass is 16.1. The highest BCUT2D eigenvalue weighted by Crippen LogP contribution is 2.19. The highest BCUT2D eigenvalue weighted by Gasteiger charge is 2.10. The van der Waals surface area contributed by atoms with Gasteiger partial charge in [-0.2, -0.15) is 5.10 Å². The molecule has 0 aliphatic carbocycles. The number of aromatic amines is 2. The molecule has 102 valence electrons. The number of benzene rings is 2. The van der Waals surface area contributed by atoms with E-state index in [4.69, 9.17) is 0 Å². The van der Waals surface area contributed by atoms with Crippen LogP contribution in [0.2, 0.25) is 0 Å². The summed E-state index contributed by atoms with van der Waals surface area (Å²) in [6.45, 7) is 0. The molecule has 21 heavy (non-hydrogen) atoms. The Labute approximate surface area is 120 Å². The van der Waals surface area contributed by atoms with Gasteiger partial charge in [-0.05, 0) is 30.3 Å². The number of amides is 1. The van der Waals surface area contributed by atoms with Gasteiger partial charge >= 0.3 is 0 Å². The lowest BCUT2D eigenvalue weighted by molar-refractivity contribution is 0.102. The van der Waals surface area contributed by atoms with Crippen LogP contribution in [0.3, 0.4) is 0 Å². The predicted octanol–water partition coefficient (Wildman–Crippen LogP) is 3.30. The number of H-pyrrole nitrogens is 2. The monoisotopic (exact) mass is 276 g/mol. The number of rotatable bonds is 2. The Bertz CT molecular complexity index is 918. The molecule has 4 aromatic rings. The number of carbonyl (C=O) groups is 1. The van der Waals surface area contributed by atoms with Crippen molar-refractivity contribution in [3.05, 3.63) is 60.4 Å². The molecule has 5 heteroatoms. The molecular weight excluding hydrogens is 264 g/mol. The Morgan fingerprint density at radius 2 is 1.90 bits per heavy atom. The molecule has 0 unspecified atom stereocenters. The van der Waals surface area contributed by atoms with Gasteiger partial charge in [0.05, 0.1) is 11.7 Å². The number of carbonyl (C=O) groups excluding carboxylic acids is 1. The van der Waals surface area contributed by atoms with Crippen molar-refractivity contribution < 1.29 is 4.79 Å². The number of fused-ring (bicyclic) bond motifs is 2. The van der Waals surface area contributed by atoms with E-state index in [-0.39, 0.29) is 5.91 Å². The fraction of sp³-hybridized carbons (Fsp3) is 0. The fourth-order valence-electron chi connectivity index (χ4n) is 2.41. The van der Waals surface area contributed by atoms with Gasteiger partial charge in [0.25, 0.3) is 5.91 Å². The summed E-state index contributed by atoms with van der Waals surface area (Å²) in [5.41, 5.74) is 3.18. The summed E-state index contributed by atoms with van der Waals surface area (Å²) in [7, 11) is 0. The highest BCUT2D eigenvalue weighted by molar-refractivity contribution is 6.06. The average molecular weight is 276 g/mol. The molecule has 0 bridgehead atoms. The SMILES string of the molecule is O=C(Nc1ccc2[nH]ncc2c1)c1cc2ccccc2[nH]1. The second kappa shape index (κ2) is 4.49. The predicted molar refractivity (Wildman–Crippen MR) is 82.3 cm³/mol. The maximum absolute atomic E-state index is 12.3. The third-order valence-corrected chi connectivity index (χ3v) is 3.47. The van der Waals surface area contributed by atoms with E-state index in [1.165, 1.54) is 0 Å². The number of para-hydroxylation sites is 1. The van der Waals surface area contributed by atoms with Crippen molar-refractivity contribution in [1.82, 2.24) is 15.2 Å². The van der Waals surface area contributed by atoms with E-state index < -0.39 is 0 Å². The zero-order valence-electron chi connectivity index (χ0n) is 11.1. The molecule has 4 rings (SSSR count). The van der Waals surface area contributed by atoms with Gasteiger partial charge in [-0.15, -0.1) is 0 Å². The Balaban J connectivity index is 1.64. The third-order valence-electron chi connectivity index (χ3n) is 3.47. The van der Waals surface area contributed by atoms with Crippen LogP contribution in [0.25, 0.3) is 21.8 Å². The first-order valence-corrected chi connectivity index (χ1v) is 6.62. The van der Waals surface area contributed by atoms with E-state index in [1.807, 2.05) is 48.5 Å². The first-order valence-electron chi connectivity index (χ1n) is 6.62. The smallest absolute Gasteiger partial charge is 0.272 e. The lowest BCUT2D eigenvalue weighted by atomic mass is 10.2. The molecule has 2 heterocycles. The fourth-order valence-corrected chi connectivity index (χ4v) is 2.41. The molecule has 0 atom stereocenters. The summed E-state index contributed by atoms with van der Waals surface area (Å²) in [4.78, 5) is 15.4. The maximum Gasteiger partial charge on any atom is 0.272 e. The van der Waals surface area contributed by atoms with Gasteiger partial charge in [0.15, 0.2) is 0 Å². The van der Waals surface area contributed by atoms with Crippen molar-refractivity contribution in [1.29, 1.82) is 0 Å². The van der Waals surface area contributed by atoms with Crippen molar-refractivity contribution in [2.45, 2.75) is 0 Å². The molecule has 2 aromatic heterocycles. The topological polar surface area (TPSA) is 73.6 Å². The third kappa shape index (κ3) is 2.04. The van der Waals surface area contributed by atoms with Gasteiger partial charge in [-0.25, -0.2) is 0 Å². The molecule has 3 N–H and O–H groups in total. The van der Waals surface area contributed by atoms with Gasteiger partial charge in [-0.3, -0.25) is 9.89 Å². The van der Waals surface area contributed by atoms with Crippen molar-refractivity contribution in [3.63, 3.8) is 0 Å². The van der Waals surface area contributed by atoms with Crippen LogP contribution in [0.4, 0.5) is 5.69 Å². The maximum atomic E-state index is 12.3. The van der Waals surface area contributed by atoms with Crippen molar-refractivity contribution in [2.75, 3.05) is 5.32 Å². The zero-order chi connectivity index (χ0) is 14.2. The van der Waals surface area contributed by atoms with Crippen molar-refractivity contribution in [3.8, 4) is 0 Å². The van der Waals surface area contributed by atoms with Gasteiger partial charge in [0, 0.05) is 22.0 Å². The molecule has 0 spiro atoms. The summed E-state index contributed by atoms with van der Waals surface area (Å²) in [5, 5.41) is 11.7. The van der Waals surface area contributed by atoms with Gasteiger partial charge in [0.1, 0.15) is 5.69 Å². The molecule has 2 aromatic carbocycles. The van der Waals surface area contributed by atoms with Crippen molar-refractivity contribution >= 4 is 33.4 Å². The molecule has 0 aliphatic heterocycles. The van der Waals surface area contributed by atoms with Crippen LogP contribution in [0.5, 0.6) is 0 Å². The summed E-state index contributed by atoms with van der Waals surface area (Å²) < 4.78 is 0. The van der Waals surface area contributed by atoms with E-state index in [0.717, 1.165) is 27.5 Å². The van der Waals surface area contributed by atoms with Crippen LogP contribution in [0, 0.1) is 0 Å². The lowest BCUT2D eigenvalue weighted by Crippen LogP contribution is -2.11. The van der Waals surface area contributed by atoms with Gasteiger partial charge in [-0.1, -0.05) is 18.2 Å². The second-order valence-electron chi connectivity index (χ2n) is 4.90. The minimum absolute atomic E-state index is 0.158. The van der Waals surface area contributed by atoms with Crippen LogP contribution < -0.4 is 5.32 Å². The molecule has 1 amide bonds. The number of anilines is 1. The summed E-state index contributed by atoms with van der Waals surface area (Å²) in [6, 6.07) is 15.3. The average Bonchev–Trinajstić information content (AvgIpc) is 3.13. The molecule has 0 aliphatic rings. The number of nitrogens with zero attached hydrogens (tertiary/aromatic N) is 1. The van der Waals surface area contributed by atoms with Crippen LogP contribution in [0.15, 0.2) is 54.7 Å². The van der Waals surface area contributed by atoms with Crippen LogP contribution in [0.1, 0.15) is 10.5 Å². The largest absolute Gasteiger partial charge is 0.351 e. The van der Waals surface area contributed by atoms with Gasteiger partial charge < -0.3 is 10.3 Å². The quantitative estimate of drug-likeness (QED) is 0.525. The van der Waals surface area contributed by atoms with E-state index in [0.29, 0.717) is 5.69 Å². The number of nitrogens with one attached hydrogen (secondary N) is 3. The Morgan fingerprint density at radius 1 is 1.00 bits per heavy atom. The molecule has 0 radical (unpaired) electrons. The Hall–Kier alpha value is -3.08. The van der Waals surface area contributed by atoms with Crippen molar-refractivity contribution in [2.24, 2.45) is 0 Å². The first-order chi connectivity index (χ1) is 10.3. The number of aromatic nitrogens is 3. The Kier molecular flexibility index (Phi) is 2.50. The summed E-state index contributed by atoms with van der Waals surface area (Å²) in [5.74, 6) is -0.158. The van der Waals surface area contributed by atoms with E-state index in [1.54, 1.807) is 6.20 Å². The molecule has 5 nitrogen and oxygen atoms in total. The normalized spacial score (nSPS) is 11.0. The molecule has 0 saturated heterocycles. The molecular formula is C16H12N4O. The second-order valence-corrected chi connectivity index (χ2v) is 4.90. The summed E-state index contributed by atoms with van der Waals surface area (Å²) >= 11 is 0.